The van der Waals surface area contributed by atoms with E-state index in [0.717, 1.165) is 38.0 Å². The van der Waals surface area contributed by atoms with E-state index in [0.29, 0.717) is 23.4 Å². The van der Waals surface area contributed by atoms with Crippen LogP contribution in [0.2, 0.25) is 0 Å². The van der Waals surface area contributed by atoms with Gasteiger partial charge in [-0.3, -0.25) is 0 Å². The van der Waals surface area contributed by atoms with E-state index in [-0.39, 0.29) is 17.9 Å². The topological polar surface area (TPSA) is 60.7 Å². The summed E-state index contributed by atoms with van der Waals surface area (Å²) in [5.41, 5.74) is -0.102. The van der Waals surface area contributed by atoms with E-state index >= 15 is 0 Å². The van der Waals surface area contributed by atoms with Crippen molar-refractivity contribution in [2.45, 2.75) is 77.2 Å². The van der Waals surface area contributed by atoms with Crippen molar-refractivity contribution in [2.75, 3.05) is 13.2 Å². The van der Waals surface area contributed by atoms with E-state index < -0.39 is 5.60 Å². The van der Waals surface area contributed by atoms with Gasteiger partial charge in [0.25, 0.3) is 0 Å². The molecule has 3 N–H and O–H groups in total. The summed E-state index contributed by atoms with van der Waals surface area (Å²) in [5, 5.41) is 30.7. The summed E-state index contributed by atoms with van der Waals surface area (Å²) >= 11 is 0. The van der Waals surface area contributed by atoms with Gasteiger partial charge in [-0.05, 0) is 85.4 Å². The predicted molar refractivity (Wildman–Crippen MR) is 89.8 cm³/mol. The number of fused-ring (bicyclic) bond motifs is 2. The number of hydrogen-bond acceptors (Lipinski definition) is 3. The maximum atomic E-state index is 10.8. The number of aliphatic hydroxyl groups excluding tert-OH is 2. The third-order valence-electron chi connectivity index (χ3n) is 9.36. The molecule has 132 valence electrons. The van der Waals surface area contributed by atoms with Gasteiger partial charge in [0.2, 0.25) is 0 Å². The maximum Gasteiger partial charge on any atom is 0.0905 e. The van der Waals surface area contributed by atoms with Crippen LogP contribution in [-0.4, -0.2) is 34.1 Å². The van der Waals surface area contributed by atoms with Gasteiger partial charge < -0.3 is 15.3 Å². The Morgan fingerprint density at radius 3 is 2.39 bits per heavy atom. The van der Waals surface area contributed by atoms with Gasteiger partial charge in [-0.1, -0.05) is 20.3 Å². The SMILES string of the molecule is CC1(CO)CCCC2(C)C1CCC1CC3CC12CCC3(O)CO. The van der Waals surface area contributed by atoms with Crippen molar-refractivity contribution < 1.29 is 15.3 Å². The predicted octanol–water partition coefficient (Wildman–Crippen LogP) is 3.12. The molecule has 4 saturated carbocycles. The lowest BCUT2D eigenvalue weighted by molar-refractivity contribution is -0.187. The standard InChI is InChI=1S/C20H34O3/c1-17(12-21)6-3-7-18(2)16(17)5-4-14-10-15-11-19(14,18)8-9-20(15,23)13-22/h14-16,21-23H,3-13H2,1-2H3. The molecular weight excluding hydrogens is 288 g/mol. The third kappa shape index (κ3) is 1.88. The molecule has 0 heterocycles. The van der Waals surface area contributed by atoms with E-state index in [1.165, 1.54) is 25.7 Å². The second-order valence-electron chi connectivity index (χ2n) is 9.96. The van der Waals surface area contributed by atoms with Crippen LogP contribution in [0.3, 0.4) is 0 Å². The van der Waals surface area contributed by atoms with Gasteiger partial charge >= 0.3 is 0 Å². The van der Waals surface area contributed by atoms with Gasteiger partial charge in [0, 0.05) is 6.61 Å². The first-order chi connectivity index (χ1) is 10.8. The lowest BCUT2D eigenvalue weighted by Gasteiger charge is -2.65. The van der Waals surface area contributed by atoms with Crippen molar-refractivity contribution >= 4 is 0 Å². The Balaban J connectivity index is 1.74. The largest absolute Gasteiger partial charge is 0.396 e. The van der Waals surface area contributed by atoms with Gasteiger partial charge in [-0.25, -0.2) is 0 Å². The summed E-state index contributed by atoms with van der Waals surface area (Å²) < 4.78 is 0. The minimum absolute atomic E-state index is 0.0744. The zero-order chi connectivity index (χ0) is 16.5. The number of rotatable bonds is 2. The highest BCUT2D eigenvalue weighted by atomic mass is 16.3. The molecule has 0 aromatic heterocycles. The second kappa shape index (κ2) is 4.95. The molecule has 7 unspecified atom stereocenters. The van der Waals surface area contributed by atoms with Crippen molar-refractivity contribution in [2.24, 2.45) is 34.0 Å². The Hall–Kier alpha value is -0.120. The van der Waals surface area contributed by atoms with Crippen LogP contribution in [0.5, 0.6) is 0 Å². The molecule has 0 saturated heterocycles. The van der Waals surface area contributed by atoms with Crippen LogP contribution in [0, 0.1) is 34.0 Å². The zero-order valence-corrected chi connectivity index (χ0v) is 14.9. The molecule has 4 aliphatic carbocycles. The molecule has 4 fully saturated rings. The van der Waals surface area contributed by atoms with Gasteiger partial charge in [-0.15, -0.1) is 0 Å². The normalized spacial score (nSPS) is 58.6. The van der Waals surface area contributed by atoms with Gasteiger partial charge in [0.15, 0.2) is 0 Å². The summed E-state index contributed by atoms with van der Waals surface area (Å²) in [5.74, 6) is 1.61. The van der Waals surface area contributed by atoms with Crippen LogP contribution in [0.25, 0.3) is 0 Å². The monoisotopic (exact) mass is 322 g/mol. The first-order valence-electron chi connectivity index (χ1n) is 9.78. The van der Waals surface area contributed by atoms with Gasteiger partial charge in [0.1, 0.15) is 0 Å². The fourth-order valence-electron chi connectivity index (χ4n) is 8.00. The second-order valence-corrected chi connectivity index (χ2v) is 9.96. The molecule has 0 aliphatic heterocycles. The molecule has 4 rings (SSSR count). The Bertz CT molecular complexity index is 493. The minimum atomic E-state index is -0.830. The smallest absolute Gasteiger partial charge is 0.0905 e. The summed E-state index contributed by atoms with van der Waals surface area (Å²) in [7, 11) is 0. The van der Waals surface area contributed by atoms with E-state index in [9.17, 15) is 15.3 Å². The van der Waals surface area contributed by atoms with E-state index in [1.54, 1.807) is 0 Å². The van der Waals surface area contributed by atoms with Crippen molar-refractivity contribution in [1.29, 1.82) is 0 Å². The van der Waals surface area contributed by atoms with Crippen molar-refractivity contribution in [3.63, 3.8) is 0 Å². The van der Waals surface area contributed by atoms with Crippen molar-refractivity contribution in [1.82, 2.24) is 0 Å². The molecule has 0 aromatic carbocycles. The Morgan fingerprint density at radius 2 is 1.70 bits per heavy atom. The Morgan fingerprint density at radius 1 is 0.913 bits per heavy atom. The van der Waals surface area contributed by atoms with Crippen molar-refractivity contribution in [3.05, 3.63) is 0 Å². The molecule has 0 amide bonds. The first kappa shape index (κ1) is 16.4. The van der Waals surface area contributed by atoms with Crippen LogP contribution in [0.1, 0.15) is 71.6 Å². The summed E-state index contributed by atoms with van der Waals surface area (Å²) in [6.07, 6.45) is 10.2. The van der Waals surface area contributed by atoms with E-state index in [4.69, 9.17) is 0 Å². The minimum Gasteiger partial charge on any atom is -0.396 e. The van der Waals surface area contributed by atoms with Gasteiger partial charge in [0.05, 0.1) is 12.2 Å². The lowest BCUT2D eigenvalue weighted by Crippen LogP contribution is -2.60. The lowest BCUT2D eigenvalue weighted by atomic mass is 9.39. The molecule has 4 aliphatic rings. The highest BCUT2D eigenvalue weighted by Crippen LogP contribution is 2.75. The van der Waals surface area contributed by atoms with Crippen LogP contribution < -0.4 is 0 Å². The highest BCUT2D eigenvalue weighted by molar-refractivity contribution is 5.18. The Kier molecular flexibility index (Phi) is 3.52. The van der Waals surface area contributed by atoms with Crippen molar-refractivity contribution in [3.8, 4) is 0 Å². The fourth-order valence-corrected chi connectivity index (χ4v) is 8.00. The summed E-state index contributed by atoms with van der Waals surface area (Å²) in [4.78, 5) is 0. The molecule has 3 nitrogen and oxygen atoms in total. The summed E-state index contributed by atoms with van der Waals surface area (Å²) in [6.45, 7) is 5.07. The fraction of sp³-hybridized carbons (Fsp3) is 1.00. The molecule has 23 heavy (non-hydrogen) atoms. The van der Waals surface area contributed by atoms with Crippen LogP contribution >= 0.6 is 0 Å². The summed E-state index contributed by atoms with van der Waals surface area (Å²) in [6, 6.07) is 0. The quantitative estimate of drug-likeness (QED) is 0.732. The zero-order valence-electron chi connectivity index (χ0n) is 14.9. The maximum absolute atomic E-state index is 10.8. The molecule has 2 bridgehead atoms. The first-order valence-corrected chi connectivity index (χ1v) is 9.78. The molecule has 0 aromatic rings. The molecule has 3 heteroatoms. The van der Waals surface area contributed by atoms with E-state index in [2.05, 4.69) is 13.8 Å². The molecule has 1 spiro atoms. The third-order valence-corrected chi connectivity index (χ3v) is 9.36. The Labute approximate surface area is 140 Å². The average molecular weight is 322 g/mol. The van der Waals surface area contributed by atoms with Gasteiger partial charge in [-0.2, -0.15) is 0 Å². The average Bonchev–Trinajstić information content (AvgIpc) is 2.89. The van der Waals surface area contributed by atoms with Crippen LogP contribution in [-0.2, 0) is 0 Å². The number of hydrogen-bond donors (Lipinski definition) is 3. The van der Waals surface area contributed by atoms with Crippen LogP contribution in [0.15, 0.2) is 0 Å². The molecule has 7 atom stereocenters. The van der Waals surface area contributed by atoms with E-state index in [1.807, 2.05) is 0 Å². The molecule has 0 radical (unpaired) electrons. The highest BCUT2D eigenvalue weighted by Gasteiger charge is 2.69. The van der Waals surface area contributed by atoms with Crippen LogP contribution in [0.4, 0.5) is 0 Å². The number of aliphatic hydroxyl groups is 3. The molecular formula is C20H34O3.